The molecule has 2 amide bonds. The van der Waals surface area contributed by atoms with Crippen molar-refractivity contribution in [3.05, 3.63) is 65.2 Å². The standard InChI is InChI=1S/C20H17FN4O3/c1-11-19(12(2)25(24-11)15-6-3-13(21)4-7-15)20(27)22-14-5-8-17-16(9-14)23-18(26)10-28-17/h3-9H,10H2,1-2H3,(H,22,27)(H,23,26). The van der Waals surface area contributed by atoms with Crippen molar-refractivity contribution in [2.75, 3.05) is 17.2 Å². The molecule has 0 aliphatic carbocycles. The molecule has 1 aromatic heterocycles. The highest BCUT2D eigenvalue weighted by atomic mass is 19.1. The Morgan fingerprint density at radius 2 is 1.96 bits per heavy atom. The molecule has 0 saturated carbocycles. The third kappa shape index (κ3) is 3.20. The van der Waals surface area contributed by atoms with Gasteiger partial charge in [0, 0.05) is 5.69 Å². The van der Waals surface area contributed by atoms with Crippen molar-refractivity contribution in [1.82, 2.24) is 9.78 Å². The molecule has 1 aliphatic heterocycles. The van der Waals surface area contributed by atoms with Crippen LogP contribution in [-0.4, -0.2) is 28.2 Å². The topological polar surface area (TPSA) is 85.3 Å². The summed E-state index contributed by atoms with van der Waals surface area (Å²) >= 11 is 0. The van der Waals surface area contributed by atoms with E-state index in [1.165, 1.54) is 12.1 Å². The number of carbonyl (C=O) groups is 2. The highest BCUT2D eigenvalue weighted by Gasteiger charge is 2.21. The summed E-state index contributed by atoms with van der Waals surface area (Å²) in [6.07, 6.45) is 0. The van der Waals surface area contributed by atoms with Crippen molar-refractivity contribution in [2.45, 2.75) is 13.8 Å². The summed E-state index contributed by atoms with van der Waals surface area (Å²) in [6.45, 7) is 3.49. The number of hydrogen-bond acceptors (Lipinski definition) is 4. The van der Waals surface area contributed by atoms with Crippen LogP contribution in [0.4, 0.5) is 15.8 Å². The first kappa shape index (κ1) is 17.7. The molecule has 0 unspecified atom stereocenters. The second-order valence-electron chi connectivity index (χ2n) is 6.44. The van der Waals surface area contributed by atoms with E-state index in [1.807, 2.05) is 0 Å². The Morgan fingerprint density at radius 3 is 2.71 bits per heavy atom. The van der Waals surface area contributed by atoms with Gasteiger partial charge in [-0.2, -0.15) is 5.10 Å². The lowest BCUT2D eigenvalue weighted by molar-refractivity contribution is -0.118. The molecule has 2 heterocycles. The second kappa shape index (κ2) is 6.80. The molecule has 142 valence electrons. The number of fused-ring (bicyclic) bond motifs is 1. The predicted molar refractivity (Wildman–Crippen MR) is 102 cm³/mol. The van der Waals surface area contributed by atoms with E-state index < -0.39 is 0 Å². The fourth-order valence-corrected chi connectivity index (χ4v) is 3.16. The summed E-state index contributed by atoms with van der Waals surface area (Å²) in [6, 6.07) is 10.9. The molecule has 2 aromatic carbocycles. The van der Waals surface area contributed by atoms with Crippen LogP contribution in [0.15, 0.2) is 42.5 Å². The first-order chi connectivity index (χ1) is 13.4. The maximum Gasteiger partial charge on any atom is 0.262 e. The number of carbonyl (C=O) groups excluding carboxylic acids is 2. The molecule has 4 rings (SSSR count). The number of nitrogens with zero attached hydrogens (tertiary/aromatic N) is 2. The van der Waals surface area contributed by atoms with E-state index in [2.05, 4.69) is 15.7 Å². The molecule has 2 N–H and O–H groups in total. The van der Waals surface area contributed by atoms with Crippen molar-refractivity contribution in [3.63, 3.8) is 0 Å². The maximum atomic E-state index is 13.2. The zero-order valence-electron chi connectivity index (χ0n) is 15.2. The maximum absolute atomic E-state index is 13.2. The van der Waals surface area contributed by atoms with E-state index in [0.29, 0.717) is 39.8 Å². The summed E-state index contributed by atoms with van der Waals surface area (Å²) in [5.74, 6) is -0.365. The van der Waals surface area contributed by atoms with Gasteiger partial charge in [-0.05, 0) is 56.3 Å². The molecular weight excluding hydrogens is 363 g/mol. The van der Waals surface area contributed by atoms with Gasteiger partial charge in [0.1, 0.15) is 11.6 Å². The Hall–Kier alpha value is -3.68. The van der Waals surface area contributed by atoms with Crippen molar-refractivity contribution >= 4 is 23.2 Å². The van der Waals surface area contributed by atoms with Crippen LogP contribution in [0.3, 0.4) is 0 Å². The van der Waals surface area contributed by atoms with Gasteiger partial charge in [0.05, 0.1) is 28.3 Å². The summed E-state index contributed by atoms with van der Waals surface area (Å²) in [5, 5.41) is 9.93. The van der Waals surface area contributed by atoms with Gasteiger partial charge in [0.25, 0.3) is 11.8 Å². The number of aromatic nitrogens is 2. The normalized spacial score (nSPS) is 12.8. The Balaban J connectivity index is 1.61. The van der Waals surface area contributed by atoms with Crippen LogP contribution in [0.5, 0.6) is 5.75 Å². The zero-order chi connectivity index (χ0) is 19.8. The smallest absolute Gasteiger partial charge is 0.262 e. The van der Waals surface area contributed by atoms with Crippen LogP contribution in [-0.2, 0) is 4.79 Å². The molecule has 3 aromatic rings. The Bertz CT molecular complexity index is 1090. The number of ether oxygens (including phenoxy) is 1. The molecule has 0 saturated heterocycles. The average Bonchev–Trinajstić information content (AvgIpc) is 2.96. The molecule has 7 nitrogen and oxygen atoms in total. The second-order valence-corrected chi connectivity index (χ2v) is 6.44. The quantitative estimate of drug-likeness (QED) is 0.731. The van der Waals surface area contributed by atoms with E-state index in [0.717, 1.165) is 0 Å². The minimum Gasteiger partial charge on any atom is -0.482 e. The molecule has 0 atom stereocenters. The molecule has 8 heteroatoms. The van der Waals surface area contributed by atoms with Crippen molar-refractivity contribution in [1.29, 1.82) is 0 Å². The first-order valence-electron chi connectivity index (χ1n) is 8.62. The Kier molecular flexibility index (Phi) is 4.31. The Labute approximate surface area is 160 Å². The van der Waals surface area contributed by atoms with Gasteiger partial charge >= 0.3 is 0 Å². The lowest BCUT2D eigenvalue weighted by Gasteiger charge is -2.18. The van der Waals surface area contributed by atoms with Crippen molar-refractivity contribution in [3.8, 4) is 11.4 Å². The fourth-order valence-electron chi connectivity index (χ4n) is 3.16. The van der Waals surface area contributed by atoms with E-state index >= 15 is 0 Å². The van der Waals surface area contributed by atoms with Crippen molar-refractivity contribution in [2.24, 2.45) is 0 Å². The van der Waals surface area contributed by atoms with Crippen LogP contribution in [0, 0.1) is 19.7 Å². The van der Waals surface area contributed by atoms with Crippen molar-refractivity contribution < 1.29 is 18.7 Å². The van der Waals surface area contributed by atoms with Gasteiger partial charge in [0.15, 0.2) is 6.61 Å². The molecule has 1 aliphatic rings. The van der Waals surface area contributed by atoms with E-state index in [1.54, 1.807) is 48.9 Å². The lowest BCUT2D eigenvalue weighted by Crippen LogP contribution is -2.25. The van der Waals surface area contributed by atoms with Gasteiger partial charge in [-0.3, -0.25) is 9.59 Å². The molecule has 0 radical (unpaired) electrons. The highest BCUT2D eigenvalue weighted by Crippen LogP contribution is 2.31. The number of halogens is 1. The molecular formula is C20H17FN4O3. The van der Waals surface area contributed by atoms with Crippen LogP contribution < -0.4 is 15.4 Å². The summed E-state index contributed by atoms with van der Waals surface area (Å²) in [5.41, 5.74) is 3.30. The number of rotatable bonds is 3. The summed E-state index contributed by atoms with van der Waals surface area (Å²) in [7, 11) is 0. The summed E-state index contributed by atoms with van der Waals surface area (Å²) in [4.78, 5) is 24.3. The average molecular weight is 380 g/mol. The van der Waals surface area contributed by atoms with Gasteiger partial charge in [0.2, 0.25) is 0 Å². The van der Waals surface area contributed by atoms with Crippen LogP contribution in [0.2, 0.25) is 0 Å². The minimum absolute atomic E-state index is 0.0281. The third-order valence-corrected chi connectivity index (χ3v) is 4.46. The number of nitrogens with one attached hydrogen (secondary N) is 2. The highest BCUT2D eigenvalue weighted by molar-refractivity contribution is 6.06. The van der Waals surface area contributed by atoms with Crippen LogP contribution >= 0.6 is 0 Å². The largest absolute Gasteiger partial charge is 0.482 e. The van der Waals surface area contributed by atoms with Crippen LogP contribution in [0.1, 0.15) is 21.7 Å². The molecule has 0 fully saturated rings. The number of benzene rings is 2. The first-order valence-corrected chi connectivity index (χ1v) is 8.62. The van der Waals surface area contributed by atoms with Gasteiger partial charge in [-0.15, -0.1) is 0 Å². The van der Waals surface area contributed by atoms with E-state index in [-0.39, 0.29) is 24.2 Å². The fraction of sp³-hybridized carbons (Fsp3) is 0.150. The lowest BCUT2D eigenvalue weighted by atomic mass is 10.1. The van der Waals surface area contributed by atoms with Gasteiger partial charge in [-0.1, -0.05) is 0 Å². The van der Waals surface area contributed by atoms with Crippen LogP contribution in [0.25, 0.3) is 5.69 Å². The zero-order valence-corrected chi connectivity index (χ0v) is 15.2. The number of amides is 2. The molecule has 28 heavy (non-hydrogen) atoms. The van der Waals surface area contributed by atoms with Gasteiger partial charge in [-0.25, -0.2) is 9.07 Å². The Morgan fingerprint density at radius 1 is 1.21 bits per heavy atom. The SMILES string of the molecule is Cc1nn(-c2ccc(F)cc2)c(C)c1C(=O)Nc1ccc2c(c1)NC(=O)CO2. The van der Waals surface area contributed by atoms with E-state index in [4.69, 9.17) is 4.74 Å². The van der Waals surface area contributed by atoms with Gasteiger partial charge < -0.3 is 15.4 Å². The number of hydrogen-bond donors (Lipinski definition) is 2. The number of aryl methyl sites for hydroxylation is 1. The number of anilines is 2. The summed E-state index contributed by atoms with van der Waals surface area (Å²) < 4.78 is 20.1. The molecule has 0 bridgehead atoms. The predicted octanol–water partition coefficient (Wildman–Crippen LogP) is 3.21. The van der Waals surface area contributed by atoms with E-state index in [9.17, 15) is 14.0 Å². The molecule has 0 spiro atoms. The minimum atomic E-state index is -0.341. The monoisotopic (exact) mass is 380 g/mol. The third-order valence-electron chi connectivity index (χ3n) is 4.46.